The second-order valence-corrected chi connectivity index (χ2v) is 3.93. The van der Waals surface area contributed by atoms with Crippen LogP contribution in [0.3, 0.4) is 0 Å². The summed E-state index contributed by atoms with van der Waals surface area (Å²) in [5, 5.41) is 27.7. The SMILES string of the molecule is CC(CO)C1(O)CC=C(C(=O)O)CC1. The molecule has 0 aromatic heterocycles. The summed E-state index contributed by atoms with van der Waals surface area (Å²) in [5.41, 5.74) is -0.576. The van der Waals surface area contributed by atoms with Crippen molar-refractivity contribution in [3.8, 4) is 0 Å². The lowest BCUT2D eigenvalue weighted by Crippen LogP contribution is -2.40. The van der Waals surface area contributed by atoms with Crippen LogP contribution in [0.2, 0.25) is 0 Å². The first-order valence-corrected chi connectivity index (χ1v) is 4.75. The molecule has 0 aliphatic heterocycles. The van der Waals surface area contributed by atoms with Gasteiger partial charge in [0, 0.05) is 18.1 Å². The number of hydrogen-bond acceptors (Lipinski definition) is 3. The number of hydrogen-bond donors (Lipinski definition) is 3. The fourth-order valence-electron chi connectivity index (χ4n) is 1.67. The van der Waals surface area contributed by atoms with Gasteiger partial charge in [0.05, 0.1) is 5.60 Å². The Hall–Kier alpha value is -0.870. The summed E-state index contributed by atoms with van der Waals surface area (Å²) in [4.78, 5) is 10.6. The van der Waals surface area contributed by atoms with Crippen molar-refractivity contribution < 1.29 is 20.1 Å². The maximum Gasteiger partial charge on any atom is 0.331 e. The van der Waals surface area contributed by atoms with Crippen LogP contribution in [0.1, 0.15) is 26.2 Å². The minimum absolute atomic E-state index is 0.0766. The monoisotopic (exact) mass is 200 g/mol. The van der Waals surface area contributed by atoms with E-state index in [0.717, 1.165) is 0 Å². The Morgan fingerprint density at radius 1 is 1.71 bits per heavy atom. The van der Waals surface area contributed by atoms with Crippen LogP contribution in [0.25, 0.3) is 0 Å². The molecule has 1 rings (SSSR count). The average molecular weight is 200 g/mol. The minimum Gasteiger partial charge on any atom is -0.478 e. The van der Waals surface area contributed by atoms with Crippen molar-refractivity contribution in [2.24, 2.45) is 5.92 Å². The Bertz CT molecular complexity index is 259. The molecule has 0 amide bonds. The normalized spacial score (nSPS) is 29.5. The van der Waals surface area contributed by atoms with E-state index in [9.17, 15) is 9.90 Å². The van der Waals surface area contributed by atoms with E-state index in [0.29, 0.717) is 24.8 Å². The molecule has 14 heavy (non-hydrogen) atoms. The van der Waals surface area contributed by atoms with Crippen LogP contribution in [0, 0.1) is 5.92 Å². The van der Waals surface area contributed by atoms with Crippen molar-refractivity contribution in [2.75, 3.05) is 6.61 Å². The van der Waals surface area contributed by atoms with Gasteiger partial charge in [-0.1, -0.05) is 13.0 Å². The third-order valence-electron chi connectivity index (χ3n) is 3.00. The topological polar surface area (TPSA) is 77.8 Å². The zero-order chi connectivity index (χ0) is 10.8. The first-order chi connectivity index (χ1) is 6.49. The Morgan fingerprint density at radius 3 is 2.71 bits per heavy atom. The van der Waals surface area contributed by atoms with Gasteiger partial charge in [0.25, 0.3) is 0 Å². The van der Waals surface area contributed by atoms with E-state index in [2.05, 4.69) is 0 Å². The molecule has 0 aromatic carbocycles. The van der Waals surface area contributed by atoms with Crippen molar-refractivity contribution in [2.45, 2.75) is 31.8 Å². The number of carboxylic acid groups (broad SMARTS) is 1. The molecule has 2 atom stereocenters. The lowest BCUT2D eigenvalue weighted by atomic mass is 9.77. The zero-order valence-electron chi connectivity index (χ0n) is 8.23. The minimum atomic E-state index is -0.937. The number of carbonyl (C=O) groups is 1. The molecular formula is C10H16O4. The van der Waals surface area contributed by atoms with Crippen molar-refractivity contribution in [3.05, 3.63) is 11.6 Å². The lowest BCUT2D eigenvalue weighted by molar-refractivity contribution is -0.133. The molecule has 0 radical (unpaired) electrons. The van der Waals surface area contributed by atoms with Gasteiger partial charge < -0.3 is 15.3 Å². The lowest BCUT2D eigenvalue weighted by Gasteiger charge is -2.35. The fourth-order valence-corrected chi connectivity index (χ4v) is 1.67. The van der Waals surface area contributed by atoms with Crippen LogP contribution >= 0.6 is 0 Å². The number of aliphatic carboxylic acids is 1. The fraction of sp³-hybridized carbons (Fsp3) is 0.700. The van der Waals surface area contributed by atoms with E-state index in [-0.39, 0.29) is 12.5 Å². The molecule has 0 spiro atoms. The third kappa shape index (κ3) is 2.13. The van der Waals surface area contributed by atoms with Crippen molar-refractivity contribution in [3.63, 3.8) is 0 Å². The Labute approximate surface area is 82.9 Å². The van der Waals surface area contributed by atoms with Gasteiger partial charge in [-0.25, -0.2) is 4.79 Å². The van der Waals surface area contributed by atoms with Crippen molar-refractivity contribution >= 4 is 5.97 Å². The molecule has 0 bridgehead atoms. The molecule has 0 saturated carbocycles. The predicted octanol–water partition coefficient (Wildman–Crippen LogP) is 0.541. The highest BCUT2D eigenvalue weighted by Gasteiger charge is 2.35. The van der Waals surface area contributed by atoms with Gasteiger partial charge >= 0.3 is 5.97 Å². The Balaban J connectivity index is 2.69. The number of aliphatic hydroxyl groups excluding tert-OH is 1. The van der Waals surface area contributed by atoms with Gasteiger partial charge in [0.1, 0.15) is 0 Å². The van der Waals surface area contributed by atoms with Crippen LogP contribution in [0.15, 0.2) is 11.6 Å². The van der Waals surface area contributed by atoms with Crippen LogP contribution in [-0.2, 0) is 4.79 Å². The molecule has 80 valence electrons. The van der Waals surface area contributed by atoms with Gasteiger partial charge in [0.15, 0.2) is 0 Å². The highest BCUT2D eigenvalue weighted by molar-refractivity contribution is 5.86. The second kappa shape index (κ2) is 4.11. The van der Waals surface area contributed by atoms with E-state index in [4.69, 9.17) is 10.2 Å². The molecule has 4 heteroatoms. The molecular weight excluding hydrogens is 184 g/mol. The Kier molecular flexibility index (Phi) is 3.29. The highest BCUT2D eigenvalue weighted by Crippen LogP contribution is 2.33. The molecule has 4 nitrogen and oxygen atoms in total. The number of carboxylic acids is 1. The Morgan fingerprint density at radius 2 is 2.36 bits per heavy atom. The van der Waals surface area contributed by atoms with Gasteiger partial charge in [-0.15, -0.1) is 0 Å². The number of rotatable bonds is 3. The van der Waals surface area contributed by atoms with Gasteiger partial charge in [0.2, 0.25) is 0 Å². The van der Waals surface area contributed by atoms with E-state index in [1.54, 1.807) is 13.0 Å². The largest absolute Gasteiger partial charge is 0.478 e. The smallest absolute Gasteiger partial charge is 0.331 e. The predicted molar refractivity (Wildman–Crippen MR) is 50.8 cm³/mol. The standard InChI is InChI=1S/C10H16O4/c1-7(6-11)10(14)4-2-8(3-5-10)9(12)13/h2,7,11,14H,3-6H2,1H3,(H,12,13). The second-order valence-electron chi connectivity index (χ2n) is 3.93. The average Bonchev–Trinajstić information content (AvgIpc) is 2.17. The molecule has 3 N–H and O–H groups in total. The van der Waals surface area contributed by atoms with Gasteiger partial charge in [-0.2, -0.15) is 0 Å². The molecule has 1 aliphatic rings. The first kappa shape index (κ1) is 11.2. The number of aliphatic hydroxyl groups is 2. The maximum absolute atomic E-state index is 10.6. The molecule has 1 aliphatic carbocycles. The van der Waals surface area contributed by atoms with Crippen LogP contribution < -0.4 is 0 Å². The van der Waals surface area contributed by atoms with Crippen LogP contribution in [0.4, 0.5) is 0 Å². The van der Waals surface area contributed by atoms with E-state index >= 15 is 0 Å². The quantitative estimate of drug-likeness (QED) is 0.621. The van der Waals surface area contributed by atoms with E-state index < -0.39 is 11.6 Å². The van der Waals surface area contributed by atoms with Gasteiger partial charge in [-0.05, 0) is 19.3 Å². The first-order valence-electron chi connectivity index (χ1n) is 4.75. The molecule has 0 fully saturated rings. The maximum atomic E-state index is 10.6. The summed E-state index contributed by atoms with van der Waals surface area (Å²) in [6.07, 6.45) is 2.65. The molecule has 0 saturated heterocycles. The molecule has 0 aromatic rings. The van der Waals surface area contributed by atoms with E-state index in [1.807, 2.05) is 0 Å². The van der Waals surface area contributed by atoms with Gasteiger partial charge in [-0.3, -0.25) is 0 Å². The van der Waals surface area contributed by atoms with Crippen LogP contribution in [-0.4, -0.2) is 33.5 Å². The van der Waals surface area contributed by atoms with E-state index in [1.165, 1.54) is 0 Å². The molecule has 0 heterocycles. The molecule has 2 unspecified atom stereocenters. The summed E-state index contributed by atoms with van der Waals surface area (Å²) in [6, 6.07) is 0. The third-order valence-corrected chi connectivity index (χ3v) is 3.00. The summed E-state index contributed by atoms with van der Waals surface area (Å²) in [7, 11) is 0. The highest BCUT2D eigenvalue weighted by atomic mass is 16.4. The summed E-state index contributed by atoms with van der Waals surface area (Å²) in [6.45, 7) is 1.69. The van der Waals surface area contributed by atoms with Crippen LogP contribution in [0.5, 0.6) is 0 Å². The van der Waals surface area contributed by atoms with Crippen molar-refractivity contribution in [1.29, 1.82) is 0 Å². The zero-order valence-corrected chi connectivity index (χ0v) is 8.23. The summed E-state index contributed by atoms with van der Waals surface area (Å²) in [5.74, 6) is -1.13. The summed E-state index contributed by atoms with van der Waals surface area (Å²) < 4.78 is 0. The van der Waals surface area contributed by atoms with Crippen molar-refractivity contribution in [1.82, 2.24) is 0 Å². The summed E-state index contributed by atoms with van der Waals surface area (Å²) >= 11 is 0.